The lowest BCUT2D eigenvalue weighted by Gasteiger charge is -2.21. The molecule has 0 radical (unpaired) electrons. The van der Waals surface area contributed by atoms with Gasteiger partial charge in [-0.15, -0.1) is 0 Å². The van der Waals surface area contributed by atoms with Gasteiger partial charge < -0.3 is 10.6 Å². The first-order chi connectivity index (χ1) is 9.27. The van der Waals surface area contributed by atoms with Gasteiger partial charge in [-0.1, -0.05) is 42.6 Å². The second kappa shape index (κ2) is 7.39. The Bertz CT molecular complexity index is 423. The summed E-state index contributed by atoms with van der Waals surface area (Å²) in [5.74, 6) is 0.689. The van der Waals surface area contributed by atoms with Gasteiger partial charge in [0.1, 0.15) is 0 Å². The highest BCUT2D eigenvalue weighted by Crippen LogP contribution is 2.15. The molecule has 104 valence electrons. The molecule has 1 saturated heterocycles. The van der Waals surface area contributed by atoms with E-state index in [1.807, 2.05) is 24.3 Å². The first-order valence-corrected chi connectivity index (χ1v) is 7.43. The summed E-state index contributed by atoms with van der Waals surface area (Å²) in [6, 6.07) is 7.91. The van der Waals surface area contributed by atoms with Crippen molar-refractivity contribution in [2.24, 2.45) is 10.7 Å². The van der Waals surface area contributed by atoms with Crippen molar-refractivity contribution in [2.45, 2.75) is 32.1 Å². The molecular formula is C15H22ClN3. The quantitative estimate of drug-likeness (QED) is 0.682. The first-order valence-electron chi connectivity index (χ1n) is 7.05. The van der Waals surface area contributed by atoms with Gasteiger partial charge in [0.05, 0.1) is 0 Å². The number of nitrogens with zero attached hydrogens (tertiary/aromatic N) is 2. The largest absolute Gasteiger partial charge is 0.370 e. The van der Waals surface area contributed by atoms with Gasteiger partial charge in [0.2, 0.25) is 0 Å². The molecule has 1 aromatic carbocycles. The molecule has 2 rings (SSSR count). The van der Waals surface area contributed by atoms with Crippen LogP contribution in [-0.2, 0) is 6.42 Å². The summed E-state index contributed by atoms with van der Waals surface area (Å²) in [4.78, 5) is 6.70. The molecule has 0 aliphatic carbocycles. The molecule has 1 aromatic rings. The van der Waals surface area contributed by atoms with Crippen LogP contribution in [-0.4, -0.2) is 30.5 Å². The lowest BCUT2D eigenvalue weighted by Crippen LogP contribution is -2.38. The van der Waals surface area contributed by atoms with Gasteiger partial charge in [0.25, 0.3) is 0 Å². The Balaban J connectivity index is 1.86. The van der Waals surface area contributed by atoms with Gasteiger partial charge in [-0.3, -0.25) is 4.99 Å². The van der Waals surface area contributed by atoms with Gasteiger partial charge in [-0.2, -0.15) is 0 Å². The molecule has 1 fully saturated rings. The minimum absolute atomic E-state index is 0.689. The van der Waals surface area contributed by atoms with Gasteiger partial charge >= 0.3 is 0 Å². The fourth-order valence-corrected chi connectivity index (χ4v) is 2.62. The van der Waals surface area contributed by atoms with Crippen molar-refractivity contribution in [3.8, 4) is 0 Å². The molecule has 1 aliphatic rings. The van der Waals surface area contributed by atoms with Crippen LogP contribution in [0.15, 0.2) is 29.3 Å². The third-order valence-electron chi connectivity index (χ3n) is 3.54. The van der Waals surface area contributed by atoms with Crippen LogP contribution >= 0.6 is 11.6 Å². The Labute approximate surface area is 120 Å². The van der Waals surface area contributed by atoms with Gasteiger partial charge in [-0.25, -0.2) is 0 Å². The highest BCUT2D eigenvalue weighted by Gasteiger charge is 2.10. The number of hydrogen-bond donors (Lipinski definition) is 1. The minimum atomic E-state index is 0.689. The summed E-state index contributed by atoms with van der Waals surface area (Å²) in [5.41, 5.74) is 7.20. The highest BCUT2D eigenvalue weighted by molar-refractivity contribution is 6.31. The molecule has 0 spiro atoms. The number of nitrogens with two attached hydrogens (primary N) is 1. The average Bonchev–Trinajstić information content (AvgIpc) is 2.70. The van der Waals surface area contributed by atoms with Crippen molar-refractivity contribution < 1.29 is 0 Å². The lowest BCUT2D eigenvalue weighted by atomic mass is 10.1. The molecular weight excluding hydrogens is 258 g/mol. The maximum absolute atomic E-state index is 6.12. The molecule has 0 saturated carbocycles. The zero-order valence-corrected chi connectivity index (χ0v) is 12.1. The topological polar surface area (TPSA) is 41.6 Å². The Hall–Kier alpha value is -1.22. The summed E-state index contributed by atoms with van der Waals surface area (Å²) >= 11 is 6.12. The van der Waals surface area contributed by atoms with E-state index < -0.39 is 0 Å². The first kappa shape index (κ1) is 14.2. The van der Waals surface area contributed by atoms with Crippen molar-refractivity contribution in [1.29, 1.82) is 0 Å². The SMILES string of the molecule is NC(=NCCc1ccccc1Cl)N1CCCCCC1. The van der Waals surface area contributed by atoms with Crippen molar-refractivity contribution >= 4 is 17.6 Å². The van der Waals surface area contributed by atoms with Crippen LogP contribution in [0, 0.1) is 0 Å². The number of likely N-dealkylation sites (tertiary alicyclic amines) is 1. The molecule has 2 N–H and O–H groups in total. The lowest BCUT2D eigenvalue weighted by molar-refractivity contribution is 0.428. The van der Waals surface area contributed by atoms with Crippen molar-refractivity contribution in [3.05, 3.63) is 34.9 Å². The van der Waals surface area contributed by atoms with E-state index in [1.165, 1.54) is 25.7 Å². The van der Waals surface area contributed by atoms with Gasteiger partial charge in [-0.05, 0) is 30.9 Å². The predicted octanol–water partition coefficient (Wildman–Crippen LogP) is 3.07. The van der Waals surface area contributed by atoms with E-state index >= 15 is 0 Å². The van der Waals surface area contributed by atoms with Crippen LogP contribution in [0.2, 0.25) is 5.02 Å². The highest BCUT2D eigenvalue weighted by atomic mass is 35.5. The van der Waals surface area contributed by atoms with E-state index in [9.17, 15) is 0 Å². The van der Waals surface area contributed by atoms with Crippen molar-refractivity contribution in [2.75, 3.05) is 19.6 Å². The van der Waals surface area contributed by atoms with E-state index in [4.69, 9.17) is 17.3 Å². The van der Waals surface area contributed by atoms with Gasteiger partial charge in [0.15, 0.2) is 5.96 Å². The molecule has 0 amide bonds. The number of aliphatic imine (C=N–C) groups is 1. The third-order valence-corrected chi connectivity index (χ3v) is 3.91. The van der Waals surface area contributed by atoms with Crippen LogP contribution in [0.5, 0.6) is 0 Å². The molecule has 4 heteroatoms. The van der Waals surface area contributed by atoms with Crippen molar-refractivity contribution in [3.63, 3.8) is 0 Å². The molecule has 1 heterocycles. The van der Waals surface area contributed by atoms with E-state index in [0.717, 1.165) is 30.1 Å². The molecule has 0 atom stereocenters. The molecule has 0 aromatic heterocycles. The summed E-state index contributed by atoms with van der Waals surface area (Å²) in [5, 5.41) is 0.811. The van der Waals surface area contributed by atoms with Crippen LogP contribution in [0.4, 0.5) is 0 Å². The Morgan fingerprint density at radius 3 is 2.53 bits per heavy atom. The number of halogens is 1. The average molecular weight is 280 g/mol. The summed E-state index contributed by atoms with van der Waals surface area (Å²) in [7, 11) is 0. The fraction of sp³-hybridized carbons (Fsp3) is 0.533. The zero-order chi connectivity index (χ0) is 13.5. The second-order valence-electron chi connectivity index (χ2n) is 4.98. The summed E-state index contributed by atoms with van der Waals surface area (Å²) < 4.78 is 0. The van der Waals surface area contributed by atoms with E-state index in [1.54, 1.807) is 0 Å². The van der Waals surface area contributed by atoms with E-state index in [0.29, 0.717) is 12.5 Å². The van der Waals surface area contributed by atoms with Crippen LogP contribution < -0.4 is 5.73 Å². The molecule has 0 unspecified atom stereocenters. The van der Waals surface area contributed by atoms with Crippen LogP contribution in [0.1, 0.15) is 31.2 Å². The van der Waals surface area contributed by atoms with Gasteiger partial charge in [0, 0.05) is 24.7 Å². The third kappa shape index (κ3) is 4.43. The number of rotatable bonds is 3. The van der Waals surface area contributed by atoms with Crippen molar-refractivity contribution in [1.82, 2.24) is 4.90 Å². The smallest absolute Gasteiger partial charge is 0.191 e. The molecule has 1 aliphatic heterocycles. The normalized spacial score (nSPS) is 17.3. The summed E-state index contributed by atoms with van der Waals surface area (Å²) in [6.45, 7) is 2.79. The van der Waals surface area contributed by atoms with E-state index in [2.05, 4.69) is 9.89 Å². The maximum atomic E-state index is 6.12. The predicted molar refractivity (Wildman–Crippen MR) is 81.7 cm³/mol. The molecule has 3 nitrogen and oxygen atoms in total. The number of benzene rings is 1. The fourth-order valence-electron chi connectivity index (χ4n) is 2.39. The standard InChI is InChI=1S/C15H22ClN3/c16-14-8-4-3-7-13(14)9-10-18-15(17)19-11-5-1-2-6-12-19/h3-4,7-8H,1-2,5-6,9-12H2,(H2,17,18). The Morgan fingerprint density at radius 1 is 1.16 bits per heavy atom. The molecule has 19 heavy (non-hydrogen) atoms. The maximum Gasteiger partial charge on any atom is 0.191 e. The van der Waals surface area contributed by atoms with E-state index in [-0.39, 0.29) is 0 Å². The molecule has 0 bridgehead atoms. The second-order valence-corrected chi connectivity index (χ2v) is 5.39. The Kier molecular flexibility index (Phi) is 5.52. The Morgan fingerprint density at radius 2 is 1.84 bits per heavy atom. The number of guanidine groups is 1. The number of hydrogen-bond acceptors (Lipinski definition) is 1. The summed E-state index contributed by atoms with van der Waals surface area (Å²) in [6.07, 6.45) is 5.91. The van der Waals surface area contributed by atoms with Crippen LogP contribution in [0.25, 0.3) is 0 Å². The minimum Gasteiger partial charge on any atom is -0.370 e. The monoisotopic (exact) mass is 279 g/mol. The van der Waals surface area contributed by atoms with Crippen LogP contribution in [0.3, 0.4) is 0 Å². The zero-order valence-electron chi connectivity index (χ0n) is 11.3.